The van der Waals surface area contributed by atoms with Crippen molar-refractivity contribution >= 4 is 11.8 Å². The van der Waals surface area contributed by atoms with Gasteiger partial charge in [0.25, 0.3) is 0 Å². The Morgan fingerprint density at radius 1 is 1.15 bits per heavy atom. The van der Waals surface area contributed by atoms with Crippen molar-refractivity contribution in [1.82, 2.24) is 10.6 Å². The molecule has 8 nitrogen and oxygen atoms in total. The lowest BCUT2D eigenvalue weighted by Gasteiger charge is -2.44. The van der Waals surface area contributed by atoms with Gasteiger partial charge in [-0.3, -0.25) is 4.79 Å². The van der Waals surface area contributed by atoms with E-state index in [9.17, 15) is 27.9 Å². The van der Waals surface area contributed by atoms with Crippen molar-refractivity contribution in [3.63, 3.8) is 0 Å². The summed E-state index contributed by atoms with van der Waals surface area (Å²) in [5.74, 6) is -2.65. The Labute approximate surface area is 152 Å². The van der Waals surface area contributed by atoms with Crippen LogP contribution in [-0.4, -0.2) is 50.2 Å². The van der Waals surface area contributed by atoms with Gasteiger partial charge in [0.1, 0.15) is 5.78 Å². The number of hydrogen-bond acceptors (Lipinski definition) is 6. The fraction of sp³-hybridized carbons (Fsp3) is 0.500. The van der Waals surface area contributed by atoms with Gasteiger partial charge in [-0.15, -0.1) is 0 Å². The number of methoxy groups -OCH3 is 3. The molecular weight excluding hydrogens is 373 g/mol. The Bertz CT molecular complexity index is 729. The van der Waals surface area contributed by atoms with Gasteiger partial charge in [0.2, 0.25) is 11.5 Å². The van der Waals surface area contributed by atoms with Crippen LogP contribution in [0.15, 0.2) is 12.1 Å². The summed E-state index contributed by atoms with van der Waals surface area (Å²) in [5, 5.41) is 13.9. The number of ether oxygens (including phenoxy) is 3. The predicted octanol–water partition coefficient (Wildman–Crippen LogP) is 1.52. The molecule has 1 saturated heterocycles. The molecule has 1 aromatic carbocycles. The summed E-state index contributed by atoms with van der Waals surface area (Å²) in [5.41, 5.74) is -3.69. The molecule has 1 aliphatic heterocycles. The summed E-state index contributed by atoms with van der Waals surface area (Å²) < 4.78 is 55.9. The molecule has 0 spiro atoms. The first kappa shape index (κ1) is 20.6. The number of rotatable bonds is 5. The highest BCUT2D eigenvalue weighted by molar-refractivity contribution is 5.86. The van der Waals surface area contributed by atoms with Crippen molar-refractivity contribution in [1.29, 1.82) is 0 Å². The smallest absolute Gasteiger partial charge is 0.437 e. The molecule has 150 valence electrons. The van der Waals surface area contributed by atoms with E-state index in [0.29, 0.717) is 0 Å². The molecule has 27 heavy (non-hydrogen) atoms. The largest absolute Gasteiger partial charge is 0.493 e. The molecule has 1 heterocycles. The summed E-state index contributed by atoms with van der Waals surface area (Å²) in [7, 11) is 3.94. The first-order valence-corrected chi connectivity index (χ1v) is 7.68. The molecule has 11 heteroatoms. The zero-order valence-corrected chi connectivity index (χ0v) is 14.9. The number of urea groups is 1. The van der Waals surface area contributed by atoms with Crippen molar-refractivity contribution in [2.45, 2.75) is 24.9 Å². The zero-order chi connectivity index (χ0) is 20.6. The number of alkyl halides is 3. The SMILES string of the molecule is COc1cc([C@H]2NC(=O)N[C@](O)(C(F)(F)F)[C@@H]2C(C)=O)cc(OC)c1OC. The van der Waals surface area contributed by atoms with Gasteiger partial charge in [-0.1, -0.05) is 0 Å². The standard InChI is InChI=1S/C16H19F3N2O6/c1-7(22)11-12(20-14(23)21-15(11,24)16(17,18)19)8-5-9(25-2)13(27-4)10(6-8)26-3/h5-6,11-12,24H,1-4H3,(H2,20,21,23)/t11-,12-,15-/m1/s1. The van der Waals surface area contributed by atoms with E-state index in [4.69, 9.17) is 14.2 Å². The molecule has 0 unspecified atom stereocenters. The summed E-state index contributed by atoms with van der Waals surface area (Å²) in [6.45, 7) is 0.894. The van der Waals surface area contributed by atoms with Crippen LogP contribution in [0.1, 0.15) is 18.5 Å². The van der Waals surface area contributed by atoms with E-state index in [-0.39, 0.29) is 22.8 Å². The number of carbonyl (C=O) groups excluding carboxylic acids is 2. The molecule has 1 aliphatic rings. The van der Waals surface area contributed by atoms with Gasteiger partial charge in [-0.05, 0) is 24.6 Å². The van der Waals surface area contributed by atoms with Crippen LogP contribution >= 0.6 is 0 Å². The number of nitrogens with one attached hydrogen (secondary N) is 2. The second kappa shape index (κ2) is 7.14. The first-order chi connectivity index (χ1) is 12.5. The number of hydrogen-bond donors (Lipinski definition) is 3. The van der Waals surface area contributed by atoms with Crippen LogP contribution in [0.3, 0.4) is 0 Å². The first-order valence-electron chi connectivity index (χ1n) is 7.68. The van der Waals surface area contributed by atoms with Crippen molar-refractivity contribution in [2.24, 2.45) is 5.92 Å². The summed E-state index contributed by atoms with van der Waals surface area (Å²) in [4.78, 5) is 23.9. The molecule has 0 bridgehead atoms. The second-order valence-corrected chi connectivity index (χ2v) is 5.89. The minimum Gasteiger partial charge on any atom is -0.493 e. The van der Waals surface area contributed by atoms with Gasteiger partial charge in [0.15, 0.2) is 11.5 Å². The number of benzene rings is 1. The van der Waals surface area contributed by atoms with E-state index in [1.165, 1.54) is 38.8 Å². The molecule has 2 amide bonds. The van der Waals surface area contributed by atoms with Crippen molar-refractivity contribution in [3.05, 3.63) is 17.7 Å². The highest BCUT2D eigenvalue weighted by Gasteiger charge is 2.65. The van der Waals surface area contributed by atoms with Gasteiger partial charge in [0, 0.05) is 0 Å². The van der Waals surface area contributed by atoms with Crippen molar-refractivity contribution < 1.29 is 42.1 Å². The van der Waals surface area contributed by atoms with E-state index in [1.807, 2.05) is 0 Å². The van der Waals surface area contributed by atoms with Gasteiger partial charge in [-0.25, -0.2) is 4.79 Å². The highest BCUT2D eigenvalue weighted by Crippen LogP contribution is 2.46. The van der Waals surface area contributed by atoms with E-state index in [0.717, 1.165) is 6.92 Å². The van der Waals surface area contributed by atoms with Crippen LogP contribution in [0.5, 0.6) is 17.2 Å². The monoisotopic (exact) mass is 392 g/mol. The quantitative estimate of drug-likeness (QED) is 0.702. The molecule has 2 rings (SSSR count). The average molecular weight is 392 g/mol. The molecule has 0 aromatic heterocycles. The maximum absolute atomic E-state index is 13.5. The average Bonchev–Trinajstić information content (AvgIpc) is 2.58. The molecule has 1 aromatic rings. The van der Waals surface area contributed by atoms with E-state index < -0.39 is 35.7 Å². The lowest BCUT2D eigenvalue weighted by Crippen LogP contribution is -2.72. The molecule has 3 N–H and O–H groups in total. The van der Waals surface area contributed by atoms with Crippen LogP contribution in [0.25, 0.3) is 0 Å². The lowest BCUT2D eigenvalue weighted by molar-refractivity contribution is -0.290. The van der Waals surface area contributed by atoms with Crippen LogP contribution in [0.2, 0.25) is 0 Å². The fourth-order valence-electron chi connectivity index (χ4n) is 3.09. The zero-order valence-electron chi connectivity index (χ0n) is 14.9. The lowest BCUT2D eigenvalue weighted by atomic mass is 9.79. The molecular formula is C16H19F3N2O6. The van der Waals surface area contributed by atoms with E-state index in [1.54, 1.807) is 0 Å². The number of halogens is 3. The van der Waals surface area contributed by atoms with Crippen LogP contribution in [-0.2, 0) is 4.79 Å². The normalized spacial score (nSPS) is 25.3. The van der Waals surface area contributed by atoms with Crippen molar-refractivity contribution in [3.8, 4) is 17.2 Å². The van der Waals surface area contributed by atoms with E-state index in [2.05, 4.69) is 5.32 Å². The molecule has 1 fully saturated rings. The number of Topliss-reactive ketones (excluding diaryl/α,β-unsaturated/α-hetero) is 1. The van der Waals surface area contributed by atoms with Gasteiger partial charge in [0.05, 0.1) is 33.3 Å². The Morgan fingerprint density at radius 3 is 2.04 bits per heavy atom. The van der Waals surface area contributed by atoms with Gasteiger partial charge < -0.3 is 30.0 Å². The number of carbonyl (C=O) groups is 2. The third kappa shape index (κ3) is 3.46. The van der Waals surface area contributed by atoms with Crippen LogP contribution in [0, 0.1) is 5.92 Å². The summed E-state index contributed by atoms with van der Waals surface area (Å²) in [6, 6.07) is -0.197. The second-order valence-electron chi connectivity index (χ2n) is 5.89. The Morgan fingerprint density at radius 2 is 1.67 bits per heavy atom. The summed E-state index contributed by atoms with van der Waals surface area (Å²) >= 11 is 0. The molecule has 3 atom stereocenters. The summed E-state index contributed by atoms with van der Waals surface area (Å²) in [6.07, 6.45) is -5.29. The van der Waals surface area contributed by atoms with Gasteiger partial charge in [-0.2, -0.15) is 13.2 Å². The fourth-order valence-corrected chi connectivity index (χ4v) is 3.09. The highest BCUT2D eigenvalue weighted by atomic mass is 19.4. The number of ketones is 1. The maximum Gasteiger partial charge on any atom is 0.437 e. The predicted molar refractivity (Wildman–Crippen MR) is 85.7 cm³/mol. The minimum atomic E-state index is -5.29. The third-order valence-corrected chi connectivity index (χ3v) is 4.29. The van der Waals surface area contributed by atoms with Crippen molar-refractivity contribution in [2.75, 3.05) is 21.3 Å². The molecule has 0 radical (unpaired) electrons. The maximum atomic E-state index is 13.5. The Hall–Kier alpha value is -2.69. The van der Waals surface area contributed by atoms with Crippen LogP contribution in [0.4, 0.5) is 18.0 Å². The Balaban J connectivity index is 2.68. The van der Waals surface area contributed by atoms with E-state index >= 15 is 0 Å². The Kier molecular flexibility index (Phi) is 5.45. The minimum absolute atomic E-state index is 0.0576. The third-order valence-electron chi connectivity index (χ3n) is 4.29. The van der Waals surface area contributed by atoms with Gasteiger partial charge >= 0.3 is 12.2 Å². The topological polar surface area (TPSA) is 106 Å². The number of aliphatic hydroxyl groups is 1. The molecule has 0 aliphatic carbocycles. The van der Waals surface area contributed by atoms with Crippen LogP contribution < -0.4 is 24.8 Å². The number of amides is 2. The molecule has 0 saturated carbocycles.